The Labute approximate surface area is 108 Å². The SMILES string of the molecule is CC(C)[C@@H](NC(=O)CS(C)(=O)=O)c1ccccn1. The van der Waals surface area contributed by atoms with E-state index in [-0.39, 0.29) is 12.0 Å². The van der Waals surface area contributed by atoms with Crippen molar-refractivity contribution in [3.05, 3.63) is 30.1 Å². The summed E-state index contributed by atoms with van der Waals surface area (Å²) in [5, 5.41) is 2.71. The van der Waals surface area contributed by atoms with Crippen LogP contribution in [-0.4, -0.2) is 31.3 Å². The van der Waals surface area contributed by atoms with E-state index in [1.807, 2.05) is 26.0 Å². The first-order valence-corrected chi connectivity index (χ1v) is 7.73. The molecule has 0 aliphatic heterocycles. The van der Waals surface area contributed by atoms with Gasteiger partial charge >= 0.3 is 0 Å². The molecule has 100 valence electrons. The number of carbonyl (C=O) groups is 1. The second-order valence-electron chi connectivity index (χ2n) is 4.61. The number of nitrogens with zero attached hydrogens (tertiary/aromatic N) is 1. The Morgan fingerprint density at radius 2 is 2.06 bits per heavy atom. The van der Waals surface area contributed by atoms with Gasteiger partial charge in [0, 0.05) is 12.5 Å². The third kappa shape index (κ3) is 4.83. The maximum atomic E-state index is 11.6. The van der Waals surface area contributed by atoms with E-state index in [1.54, 1.807) is 12.3 Å². The number of pyridine rings is 1. The summed E-state index contributed by atoms with van der Waals surface area (Å²) in [7, 11) is -3.31. The van der Waals surface area contributed by atoms with Gasteiger partial charge in [0.05, 0.1) is 11.7 Å². The molecule has 0 spiro atoms. The van der Waals surface area contributed by atoms with E-state index < -0.39 is 21.5 Å². The van der Waals surface area contributed by atoms with Gasteiger partial charge in [-0.15, -0.1) is 0 Å². The molecule has 18 heavy (non-hydrogen) atoms. The highest BCUT2D eigenvalue weighted by molar-refractivity contribution is 7.91. The number of nitrogens with one attached hydrogen (secondary N) is 1. The summed E-state index contributed by atoms with van der Waals surface area (Å²) in [5.74, 6) is -0.867. The summed E-state index contributed by atoms with van der Waals surface area (Å²) in [6.07, 6.45) is 2.69. The molecule has 0 bridgehead atoms. The number of hydrogen-bond donors (Lipinski definition) is 1. The Bertz CT molecular complexity index is 497. The first-order chi connectivity index (χ1) is 8.29. The average Bonchev–Trinajstić information content (AvgIpc) is 2.24. The quantitative estimate of drug-likeness (QED) is 0.864. The fraction of sp³-hybridized carbons (Fsp3) is 0.500. The number of hydrogen-bond acceptors (Lipinski definition) is 4. The van der Waals surface area contributed by atoms with Crippen LogP contribution in [0.5, 0.6) is 0 Å². The fourth-order valence-electron chi connectivity index (χ4n) is 1.60. The lowest BCUT2D eigenvalue weighted by molar-refractivity contribution is -0.119. The van der Waals surface area contributed by atoms with Crippen molar-refractivity contribution >= 4 is 15.7 Å². The summed E-state index contributed by atoms with van der Waals surface area (Å²) in [6, 6.07) is 5.16. The van der Waals surface area contributed by atoms with Gasteiger partial charge < -0.3 is 5.32 Å². The standard InChI is InChI=1S/C12H18N2O3S/c1-9(2)12(10-6-4-5-7-13-10)14-11(15)8-18(3,16)17/h4-7,9,12H,8H2,1-3H3,(H,14,15)/t12-/m1/s1. The molecule has 1 amide bonds. The van der Waals surface area contributed by atoms with Gasteiger partial charge in [0.25, 0.3) is 0 Å². The van der Waals surface area contributed by atoms with E-state index in [4.69, 9.17) is 0 Å². The van der Waals surface area contributed by atoms with Crippen LogP contribution in [0.2, 0.25) is 0 Å². The summed E-state index contributed by atoms with van der Waals surface area (Å²) < 4.78 is 22.1. The molecule has 0 saturated heterocycles. The Balaban J connectivity index is 2.80. The Hall–Kier alpha value is -1.43. The second kappa shape index (κ2) is 5.95. The zero-order valence-corrected chi connectivity index (χ0v) is 11.6. The molecule has 1 aromatic rings. The highest BCUT2D eigenvalue weighted by Gasteiger charge is 2.21. The fourth-order valence-corrected chi connectivity index (χ4v) is 2.15. The van der Waals surface area contributed by atoms with E-state index in [0.717, 1.165) is 11.9 Å². The summed E-state index contributed by atoms with van der Waals surface area (Å²) in [4.78, 5) is 15.8. The van der Waals surface area contributed by atoms with Gasteiger partial charge in [0.2, 0.25) is 5.91 Å². The number of rotatable bonds is 5. The van der Waals surface area contributed by atoms with E-state index >= 15 is 0 Å². The monoisotopic (exact) mass is 270 g/mol. The zero-order valence-electron chi connectivity index (χ0n) is 10.8. The minimum Gasteiger partial charge on any atom is -0.347 e. The third-order valence-corrected chi connectivity index (χ3v) is 3.17. The molecule has 1 aromatic heterocycles. The van der Waals surface area contributed by atoms with Gasteiger partial charge in [-0.1, -0.05) is 19.9 Å². The van der Waals surface area contributed by atoms with Gasteiger partial charge in [-0.05, 0) is 18.1 Å². The molecule has 1 atom stereocenters. The molecule has 0 saturated carbocycles. The molecule has 0 radical (unpaired) electrons. The predicted octanol–water partition coefficient (Wildman–Crippen LogP) is 0.939. The van der Waals surface area contributed by atoms with Crippen LogP contribution in [0.3, 0.4) is 0 Å². The Morgan fingerprint density at radius 3 is 2.50 bits per heavy atom. The van der Waals surface area contributed by atoms with Crippen LogP contribution in [0.25, 0.3) is 0 Å². The maximum Gasteiger partial charge on any atom is 0.235 e. The van der Waals surface area contributed by atoms with Crippen molar-refractivity contribution in [3.63, 3.8) is 0 Å². The molecule has 6 heteroatoms. The van der Waals surface area contributed by atoms with Crippen LogP contribution in [0.4, 0.5) is 0 Å². The molecule has 0 aromatic carbocycles. The molecule has 0 aliphatic carbocycles. The molecule has 1 heterocycles. The number of sulfone groups is 1. The number of amides is 1. The summed E-state index contributed by atoms with van der Waals surface area (Å²) >= 11 is 0. The lowest BCUT2D eigenvalue weighted by atomic mass is 10.0. The van der Waals surface area contributed by atoms with Crippen LogP contribution < -0.4 is 5.32 Å². The second-order valence-corrected chi connectivity index (χ2v) is 6.75. The number of aromatic nitrogens is 1. The van der Waals surface area contributed by atoms with Crippen molar-refractivity contribution in [3.8, 4) is 0 Å². The van der Waals surface area contributed by atoms with E-state index in [2.05, 4.69) is 10.3 Å². The van der Waals surface area contributed by atoms with E-state index in [0.29, 0.717) is 0 Å². The van der Waals surface area contributed by atoms with E-state index in [9.17, 15) is 13.2 Å². The summed E-state index contributed by atoms with van der Waals surface area (Å²) in [6.45, 7) is 3.89. The van der Waals surface area contributed by atoms with Crippen molar-refractivity contribution in [1.82, 2.24) is 10.3 Å². The molecule has 5 nitrogen and oxygen atoms in total. The lowest BCUT2D eigenvalue weighted by Gasteiger charge is -2.21. The topological polar surface area (TPSA) is 76.1 Å². The summed E-state index contributed by atoms with van der Waals surface area (Å²) in [5.41, 5.74) is 0.731. The predicted molar refractivity (Wildman–Crippen MR) is 69.7 cm³/mol. The molecule has 1 N–H and O–H groups in total. The van der Waals surface area contributed by atoms with Crippen molar-refractivity contribution < 1.29 is 13.2 Å². The van der Waals surface area contributed by atoms with Crippen LogP contribution in [0, 0.1) is 5.92 Å². The number of carbonyl (C=O) groups excluding carboxylic acids is 1. The van der Waals surface area contributed by atoms with Gasteiger partial charge in [-0.2, -0.15) is 0 Å². The zero-order chi connectivity index (χ0) is 13.8. The van der Waals surface area contributed by atoms with Gasteiger partial charge in [-0.3, -0.25) is 9.78 Å². The molecule has 0 unspecified atom stereocenters. The highest BCUT2D eigenvalue weighted by Crippen LogP contribution is 2.19. The molecular weight excluding hydrogens is 252 g/mol. The molecular formula is C12H18N2O3S. The van der Waals surface area contributed by atoms with Crippen LogP contribution >= 0.6 is 0 Å². The normalized spacial score (nSPS) is 13.3. The third-order valence-electron chi connectivity index (χ3n) is 2.38. The van der Waals surface area contributed by atoms with Gasteiger partial charge in [0.1, 0.15) is 5.75 Å². The van der Waals surface area contributed by atoms with Crippen LogP contribution in [-0.2, 0) is 14.6 Å². The van der Waals surface area contributed by atoms with Crippen LogP contribution in [0.15, 0.2) is 24.4 Å². The maximum absolute atomic E-state index is 11.6. The molecule has 0 aliphatic rings. The minimum absolute atomic E-state index is 0.128. The van der Waals surface area contributed by atoms with Gasteiger partial charge in [-0.25, -0.2) is 8.42 Å². The Morgan fingerprint density at radius 1 is 1.39 bits per heavy atom. The van der Waals surface area contributed by atoms with E-state index in [1.165, 1.54) is 0 Å². The molecule has 0 fully saturated rings. The van der Waals surface area contributed by atoms with Crippen molar-refractivity contribution in [2.75, 3.05) is 12.0 Å². The first-order valence-electron chi connectivity index (χ1n) is 5.67. The highest BCUT2D eigenvalue weighted by atomic mass is 32.2. The average molecular weight is 270 g/mol. The first kappa shape index (κ1) is 14.6. The molecule has 1 rings (SSSR count). The van der Waals surface area contributed by atoms with Crippen molar-refractivity contribution in [1.29, 1.82) is 0 Å². The van der Waals surface area contributed by atoms with Crippen LogP contribution in [0.1, 0.15) is 25.6 Å². The lowest BCUT2D eigenvalue weighted by Crippen LogP contribution is -2.36. The van der Waals surface area contributed by atoms with Crippen molar-refractivity contribution in [2.45, 2.75) is 19.9 Å². The minimum atomic E-state index is -3.31. The van der Waals surface area contributed by atoms with Crippen molar-refractivity contribution in [2.24, 2.45) is 5.92 Å². The smallest absolute Gasteiger partial charge is 0.235 e. The largest absolute Gasteiger partial charge is 0.347 e. The van der Waals surface area contributed by atoms with Gasteiger partial charge in [0.15, 0.2) is 9.84 Å². The Kier molecular flexibility index (Phi) is 4.84.